The van der Waals surface area contributed by atoms with Crippen LogP contribution in [0.5, 0.6) is 5.75 Å². The van der Waals surface area contributed by atoms with Crippen LogP contribution in [0.4, 0.5) is 5.69 Å². The van der Waals surface area contributed by atoms with Crippen molar-refractivity contribution < 1.29 is 14.3 Å². The lowest BCUT2D eigenvalue weighted by Crippen LogP contribution is -2.40. The van der Waals surface area contributed by atoms with Crippen molar-refractivity contribution in [3.05, 3.63) is 30.0 Å². The molecule has 0 bridgehead atoms. The van der Waals surface area contributed by atoms with Crippen LogP contribution in [0, 0.1) is 6.92 Å². The number of hydrogen-bond acceptors (Lipinski definition) is 5. The maximum absolute atomic E-state index is 11.8. The molecule has 0 spiro atoms. The van der Waals surface area contributed by atoms with Gasteiger partial charge in [-0.25, -0.2) is 0 Å². The number of rotatable bonds is 6. The Balaban J connectivity index is 1.60. The molecule has 6 nitrogen and oxygen atoms in total. The second-order valence-electron chi connectivity index (χ2n) is 6.90. The van der Waals surface area contributed by atoms with Crippen LogP contribution in [0.2, 0.25) is 0 Å². The zero-order chi connectivity index (χ0) is 18.5. The summed E-state index contributed by atoms with van der Waals surface area (Å²) in [7, 11) is 1.60. The molecule has 0 atom stereocenters. The number of benzene rings is 1. The molecule has 1 aromatic heterocycles. The van der Waals surface area contributed by atoms with E-state index in [0.717, 1.165) is 48.0 Å². The van der Waals surface area contributed by atoms with Crippen LogP contribution in [0.1, 0.15) is 37.8 Å². The smallest absolute Gasteiger partial charge is 0.222 e. The molecule has 1 aromatic carbocycles. The number of fused-ring (bicyclic) bond motifs is 1. The summed E-state index contributed by atoms with van der Waals surface area (Å²) >= 11 is 0. The molecule has 0 unspecified atom stereocenters. The predicted molar refractivity (Wildman–Crippen MR) is 102 cm³/mol. The molecule has 26 heavy (non-hydrogen) atoms. The molecule has 1 amide bonds. The van der Waals surface area contributed by atoms with E-state index in [-0.39, 0.29) is 18.1 Å². The number of nitrogens with zero attached hydrogens (tertiary/aromatic N) is 1. The Morgan fingerprint density at radius 2 is 2.08 bits per heavy atom. The summed E-state index contributed by atoms with van der Waals surface area (Å²) in [5, 5.41) is 3.96. The van der Waals surface area contributed by atoms with Crippen LogP contribution in [-0.2, 0) is 9.53 Å². The van der Waals surface area contributed by atoms with Crippen molar-refractivity contribution in [2.45, 2.75) is 51.2 Å². The summed E-state index contributed by atoms with van der Waals surface area (Å²) in [6.07, 6.45) is 4.19. The first-order valence-electron chi connectivity index (χ1n) is 9.17. The van der Waals surface area contributed by atoms with Gasteiger partial charge in [0.05, 0.1) is 23.6 Å². The highest BCUT2D eigenvalue weighted by Crippen LogP contribution is 2.33. The van der Waals surface area contributed by atoms with Gasteiger partial charge in [-0.1, -0.05) is 6.07 Å². The van der Waals surface area contributed by atoms with Gasteiger partial charge in [0.25, 0.3) is 0 Å². The van der Waals surface area contributed by atoms with Crippen molar-refractivity contribution in [3.8, 4) is 5.75 Å². The van der Waals surface area contributed by atoms with E-state index in [1.807, 2.05) is 31.2 Å². The highest BCUT2D eigenvalue weighted by Gasteiger charge is 2.24. The monoisotopic (exact) mass is 357 g/mol. The molecule has 0 aliphatic heterocycles. The minimum absolute atomic E-state index is 0.0551. The number of nitrogen functional groups attached to an aromatic ring is 1. The third-order valence-corrected chi connectivity index (χ3v) is 4.82. The Kier molecular flexibility index (Phi) is 5.93. The molecular formula is C20H27N3O3. The Hall–Kier alpha value is -2.34. The molecule has 2 aromatic rings. The number of nitrogens with two attached hydrogens (primary N) is 1. The quantitative estimate of drug-likeness (QED) is 0.830. The normalized spacial score (nSPS) is 20.1. The molecule has 0 radical (unpaired) electrons. The molecule has 3 rings (SSSR count). The van der Waals surface area contributed by atoms with E-state index in [1.165, 1.54) is 0 Å². The van der Waals surface area contributed by atoms with Crippen molar-refractivity contribution in [1.29, 1.82) is 0 Å². The molecule has 1 fully saturated rings. The SMILES string of the molecule is COCCC(=O)N[C@H]1CC[C@H](Oc2cccc3nc(C)cc(N)c23)CC1. The van der Waals surface area contributed by atoms with Crippen LogP contribution in [0.15, 0.2) is 24.3 Å². The number of pyridine rings is 1. The van der Waals surface area contributed by atoms with Gasteiger partial charge in [-0.15, -0.1) is 0 Å². The molecule has 6 heteroatoms. The highest BCUT2D eigenvalue weighted by atomic mass is 16.5. The van der Waals surface area contributed by atoms with E-state index in [0.29, 0.717) is 18.7 Å². The van der Waals surface area contributed by atoms with Gasteiger partial charge in [0, 0.05) is 31.0 Å². The van der Waals surface area contributed by atoms with E-state index in [2.05, 4.69) is 10.3 Å². The number of carbonyl (C=O) groups excluding carboxylic acids is 1. The van der Waals surface area contributed by atoms with E-state index in [1.54, 1.807) is 7.11 Å². The summed E-state index contributed by atoms with van der Waals surface area (Å²) < 4.78 is 11.2. The van der Waals surface area contributed by atoms with Gasteiger partial charge in [-0.3, -0.25) is 9.78 Å². The first-order chi connectivity index (χ1) is 12.6. The number of methoxy groups -OCH3 is 1. The number of amides is 1. The summed E-state index contributed by atoms with van der Waals surface area (Å²) in [6, 6.07) is 7.96. The zero-order valence-electron chi connectivity index (χ0n) is 15.5. The zero-order valence-corrected chi connectivity index (χ0v) is 15.5. The van der Waals surface area contributed by atoms with Gasteiger partial charge in [-0.2, -0.15) is 0 Å². The van der Waals surface area contributed by atoms with Gasteiger partial charge >= 0.3 is 0 Å². The fraction of sp³-hybridized carbons (Fsp3) is 0.500. The van der Waals surface area contributed by atoms with Crippen LogP contribution >= 0.6 is 0 Å². The van der Waals surface area contributed by atoms with E-state index in [4.69, 9.17) is 15.2 Å². The first kappa shape index (κ1) is 18.5. The largest absolute Gasteiger partial charge is 0.490 e. The van der Waals surface area contributed by atoms with Crippen LogP contribution < -0.4 is 15.8 Å². The third kappa shape index (κ3) is 4.43. The van der Waals surface area contributed by atoms with Gasteiger partial charge in [0.2, 0.25) is 5.91 Å². The second kappa shape index (κ2) is 8.36. The Bertz CT molecular complexity index is 770. The molecule has 1 heterocycles. The molecule has 1 aliphatic rings. The Labute approximate surface area is 154 Å². The van der Waals surface area contributed by atoms with E-state index < -0.39 is 0 Å². The molecular weight excluding hydrogens is 330 g/mol. The van der Waals surface area contributed by atoms with Gasteiger partial charge < -0.3 is 20.5 Å². The van der Waals surface area contributed by atoms with Crippen molar-refractivity contribution in [1.82, 2.24) is 10.3 Å². The van der Waals surface area contributed by atoms with E-state index in [9.17, 15) is 4.79 Å². The number of aromatic nitrogens is 1. The van der Waals surface area contributed by atoms with Gasteiger partial charge in [0.1, 0.15) is 5.75 Å². The van der Waals surface area contributed by atoms with Crippen LogP contribution in [0.25, 0.3) is 10.9 Å². The lowest BCUT2D eigenvalue weighted by atomic mass is 9.92. The van der Waals surface area contributed by atoms with Crippen LogP contribution in [0.3, 0.4) is 0 Å². The van der Waals surface area contributed by atoms with Crippen molar-refractivity contribution in [2.24, 2.45) is 0 Å². The number of carbonyl (C=O) groups is 1. The maximum atomic E-state index is 11.8. The molecule has 1 saturated carbocycles. The Morgan fingerprint density at radius 3 is 2.81 bits per heavy atom. The highest BCUT2D eigenvalue weighted by molar-refractivity contribution is 5.95. The summed E-state index contributed by atoms with van der Waals surface area (Å²) in [6.45, 7) is 2.39. The lowest BCUT2D eigenvalue weighted by Gasteiger charge is -2.30. The standard InChI is InChI=1S/C20H27N3O3/c1-13-12-16(21)20-17(22-13)4-3-5-18(20)26-15-8-6-14(7-9-15)23-19(24)10-11-25-2/h3-5,12,14-15H,6-11H2,1-2H3,(H2,21,22)(H,23,24)/t14-,15-. The predicted octanol–water partition coefficient (Wildman–Crippen LogP) is 2.97. The minimum Gasteiger partial charge on any atom is -0.490 e. The number of anilines is 1. The Morgan fingerprint density at radius 1 is 1.31 bits per heavy atom. The fourth-order valence-corrected chi connectivity index (χ4v) is 3.52. The summed E-state index contributed by atoms with van der Waals surface area (Å²) in [4.78, 5) is 16.4. The number of ether oxygens (including phenoxy) is 2. The number of hydrogen-bond donors (Lipinski definition) is 2. The first-order valence-corrected chi connectivity index (χ1v) is 9.17. The molecule has 140 valence electrons. The van der Waals surface area contributed by atoms with Crippen molar-refractivity contribution >= 4 is 22.5 Å². The summed E-state index contributed by atoms with van der Waals surface area (Å²) in [5.74, 6) is 0.847. The molecule has 3 N–H and O–H groups in total. The topological polar surface area (TPSA) is 86.5 Å². The van der Waals surface area contributed by atoms with Gasteiger partial charge in [-0.05, 0) is 50.8 Å². The van der Waals surface area contributed by atoms with E-state index >= 15 is 0 Å². The number of nitrogens with one attached hydrogen (secondary N) is 1. The number of aryl methyl sites for hydroxylation is 1. The van der Waals surface area contributed by atoms with Crippen molar-refractivity contribution in [3.63, 3.8) is 0 Å². The minimum atomic E-state index is 0.0551. The average molecular weight is 357 g/mol. The van der Waals surface area contributed by atoms with Crippen LogP contribution in [-0.4, -0.2) is 36.8 Å². The molecule has 1 aliphatic carbocycles. The maximum Gasteiger partial charge on any atom is 0.222 e. The average Bonchev–Trinajstić information content (AvgIpc) is 2.61. The van der Waals surface area contributed by atoms with Crippen molar-refractivity contribution in [2.75, 3.05) is 19.5 Å². The third-order valence-electron chi connectivity index (χ3n) is 4.82. The molecule has 0 saturated heterocycles. The lowest BCUT2D eigenvalue weighted by molar-refractivity contribution is -0.123. The summed E-state index contributed by atoms with van der Waals surface area (Å²) in [5.41, 5.74) is 8.66. The second-order valence-corrected chi connectivity index (χ2v) is 6.90. The van der Waals surface area contributed by atoms with Gasteiger partial charge in [0.15, 0.2) is 0 Å². The fourth-order valence-electron chi connectivity index (χ4n) is 3.52.